The number of carbonyl (C=O) groups excluding carboxylic acids is 1. The Morgan fingerprint density at radius 1 is 1.00 bits per heavy atom. The number of thioether (sulfide) groups is 1. The second-order valence-corrected chi connectivity index (χ2v) is 6.90. The van der Waals surface area contributed by atoms with Crippen molar-refractivity contribution in [3.05, 3.63) is 82.8 Å². The molecule has 2 N–H and O–H groups in total. The predicted octanol–water partition coefficient (Wildman–Crippen LogP) is 4.43. The smallest absolute Gasteiger partial charge is 0.337 e. The van der Waals surface area contributed by atoms with Crippen molar-refractivity contribution in [2.75, 3.05) is 0 Å². The molecule has 5 nitrogen and oxygen atoms in total. The fraction of sp³-hybridized carbons (Fsp3) is 0. The van der Waals surface area contributed by atoms with Crippen LogP contribution in [0.1, 0.15) is 15.9 Å². The summed E-state index contributed by atoms with van der Waals surface area (Å²) in [5, 5.41) is 14.5. The zero-order valence-electron chi connectivity index (χ0n) is 14.0. The molecular weight excluding hydrogens is 360 g/mol. The molecule has 132 valence electrons. The number of rotatable bonds is 3. The molecule has 0 saturated carbocycles. The lowest BCUT2D eigenvalue weighted by Crippen LogP contribution is -2.19. The number of amides is 1. The Morgan fingerprint density at radius 2 is 1.74 bits per heavy atom. The van der Waals surface area contributed by atoms with Gasteiger partial charge in [-0.05, 0) is 46.3 Å². The van der Waals surface area contributed by atoms with Crippen LogP contribution in [0.4, 0.5) is 5.69 Å². The van der Waals surface area contributed by atoms with Gasteiger partial charge in [-0.25, -0.2) is 9.79 Å². The molecule has 0 radical (unpaired) electrons. The van der Waals surface area contributed by atoms with Crippen molar-refractivity contribution < 1.29 is 14.7 Å². The Labute approximate surface area is 159 Å². The molecule has 0 unspecified atom stereocenters. The summed E-state index contributed by atoms with van der Waals surface area (Å²) in [5.41, 5.74) is 1.34. The van der Waals surface area contributed by atoms with Gasteiger partial charge in [0.25, 0.3) is 5.91 Å². The lowest BCUT2D eigenvalue weighted by molar-refractivity contribution is -0.115. The maximum absolute atomic E-state index is 12.3. The number of carboxylic acids is 1. The number of amidine groups is 1. The third-order valence-electron chi connectivity index (χ3n) is 4.12. The van der Waals surface area contributed by atoms with E-state index in [0.29, 0.717) is 15.8 Å². The topological polar surface area (TPSA) is 78.8 Å². The number of fused-ring (bicyclic) bond motifs is 1. The van der Waals surface area contributed by atoms with Crippen LogP contribution in [0, 0.1) is 0 Å². The van der Waals surface area contributed by atoms with Gasteiger partial charge in [-0.2, -0.15) is 0 Å². The number of hydrogen-bond acceptors (Lipinski definition) is 4. The highest BCUT2D eigenvalue weighted by Crippen LogP contribution is 2.30. The lowest BCUT2D eigenvalue weighted by atomic mass is 10.0. The molecule has 0 atom stereocenters. The third-order valence-corrected chi connectivity index (χ3v) is 5.03. The van der Waals surface area contributed by atoms with E-state index in [4.69, 9.17) is 0 Å². The number of para-hydroxylation sites is 1. The maximum atomic E-state index is 12.3. The van der Waals surface area contributed by atoms with E-state index < -0.39 is 5.97 Å². The summed E-state index contributed by atoms with van der Waals surface area (Å²) in [7, 11) is 0. The number of nitrogens with one attached hydrogen (secondary N) is 1. The van der Waals surface area contributed by atoms with E-state index >= 15 is 0 Å². The van der Waals surface area contributed by atoms with Gasteiger partial charge in [0.1, 0.15) is 0 Å². The van der Waals surface area contributed by atoms with Gasteiger partial charge in [0.05, 0.1) is 16.2 Å². The highest BCUT2D eigenvalue weighted by atomic mass is 32.2. The van der Waals surface area contributed by atoms with Crippen LogP contribution in [0.3, 0.4) is 0 Å². The van der Waals surface area contributed by atoms with Gasteiger partial charge >= 0.3 is 5.97 Å². The summed E-state index contributed by atoms with van der Waals surface area (Å²) in [5.74, 6) is -1.31. The molecule has 1 fully saturated rings. The summed E-state index contributed by atoms with van der Waals surface area (Å²) in [6.07, 6.45) is 1.83. The van der Waals surface area contributed by atoms with Crippen LogP contribution in [-0.4, -0.2) is 22.2 Å². The highest BCUT2D eigenvalue weighted by molar-refractivity contribution is 8.18. The van der Waals surface area contributed by atoms with Crippen molar-refractivity contribution in [1.82, 2.24) is 5.32 Å². The molecule has 1 aliphatic rings. The van der Waals surface area contributed by atoms with E-state index in [2.05, 4.69) is 10.3 Å². The minimum Gasteiger partial charge on any atom is -0.478 e. The van der Waals surface area contributed by atoms with E-state index in [1.165, 1.54) is 17.8 Å². The lowest BCUT2D eigenvalue weighted by Gasteiger charge is -2.02. The van der Waals surface area contributed by atoms with Crippen LogP contribution in [0.25, 0.3) is 16.8 Å². The third kappa shape index (κ3) is 3.47. The maximum Gasteiger partial charge on any atom is 0.337 e. The molecule has 0 bridgehead atoms. The van der Waals surface area contributed by atoms with Gasteiger partial charge in [-0.1, -0.05) is 54.6 Å². The fourth-order valence-electron chi connectivity index (χ4n) is 2.86. The Morgan fingerprint density at radius 3 is 2.59 bits per heavy atom. The normalized spacial score (nSPS) is 16.8. The number of carboxylic acid groups (broad SMARTS) is 1. The predicted molar refractivity (Wildman–Crippen MR) is 108 cm³/mol. The number of hydrogen-bond donors (Lipinski definition) is 2. The molecule has 0 aliphatic carbocycles. The van der Waals surface area contributed by atoms with Gasteiger partial charge in [0, 0.05) is 0 Å². The number of aliphatic imine (C=N–C) groups is 1. The van der Waals surface area contributed by atoms with Crippen LogP contribution in [0.2, 0.25) is 0 Å². The molecule has 3 aromatic rings. The molecule has 3 aromatic carbocycles. The van der Waals surface area contributed by atoms with E-state index in [1.54, 1.807) is 18.2 Å². The average molecular weight is 374 g/mol. The molecular formula is C21H14N2O3S. The monoisotopic (exact) mass is 374 g/mol. The number of benzene rings is 3. The van der Waals surface area contributed by atoms with Crippen molar-refractivity contribution >= 4 is 51.3 Å². The summed E-state index contributed by atoms with van der Waals surface area (Å²) in [4.78, 5) is 28.5. The van der Waals surface area contributed by atoms with Crippen LogP contribution in [0.5, 0.6) is 0 Å². The Bertz CT molecular complexity index is 1130. The van der Waals surface area contributed by atoms with Crippen LogP contribution in [-0.2, 0) is 4.79 Å². The molecule has 0 aromatic heterocycles. The van der Waals surface area contributed by atoms with Crippen molar-refractivity contribution in [2.24, 2.45) is 4.99 Å². The van der Waals surface area contributed by atoms with Gasteiger partial charge in [0.15, 0.2) is 5.17 Å². The average Bonchev–Trinajstić information content (AvgIpc) is 3.01. The van der Waals surface area contributed by atoms with Gasteiger partial charge in [-0.3, -0.25) is 4.79 Å². The van der Waals surface area contributed by atoms with Gasteiger partial charge in [0.2, 0.25) is 0 Å². The number of carbonyl (C=O) groups is 2. The number of nitrogens with zero attached hydrogens (tertiary/aromatic N) is 1. The first-order valence-corrected chi connectivity index (χ1v) is 9.03. The van der Waals surface area contributed by atoms with Crippen LogP contribution >= 0.6 is 11.8 Å². The first-order valence-electron chi connectivity index (χ1n) is 8.21. The van der Waals surface area contributed by atoms with Gasteiger partial charge in [-0.15, -0.1) is 0 Å². The zero-order chi connectivity index (χ0) is 18.8. The summed E-state index contributed by atoms with van der Waals surface area (Å²) in [6, 6.07) is 20.3. The van der Waals surface area contributed by atoms with E-state index in [0.717, 1.165) is 16.3 Å². The van der Waals surface area contributed by atoms with Crippen molar-refractivity contribution in [3.8, 4) is 0 Å². The SMILES string of the molecule is O=C1NC(=Nc2ccccc2C(=O)O)S/C1=C\c1cccc2ccccc12. The van der Waals surface area contributed by atoms with Gasteiger partial charge < -0.3 is 10.4 Å². The molecule has 1 amide bonds. The minimum absolute atomic E-state index is 0.0892. The molecule has 1 heterocycles. The van der Waals surface area contributed by atoms with Crippen molar-refractivity contribution in [2.45, 2.75) is 0 Å². The first-order chi connectivity index (χ1) is 13.1. The van der Waals surface area contributed by atoms with Crippen LogP contribution in [0.15, 0.2) is 76.6 Å². The Hall–Kier alpha value is -3.38. The number of aromatic carboxylic acids is 1. The van der Waals surface area contributed by atoms with E-state index in [1.807, 2.05) is 48.5 Å². The van der Waals surface area contributed by atoms with Crippen LogP contribution < -0.4 is 5.32 Å². The second-order valence-electron chi connectivity index (χ2n) is 5.87. The largest absolute Gasteiger partial charge is 0.478 e. The Balaban J connectivity index is 1.69. The molecule has 1 saturated heterocycles. The minimum atomic E-state index is -1.06. The highest BCUT2D eigenvalue weighted by Gasteiger charge is 2.24. The molecule has 0 spiro atoms. The standard InChI is InChI=1S/C21H14N2O3S/c24-19-18(12-14-8-5-7-13-6-1-2-9-15(13)14)27-21(23-19)22-17-11-4-3-10-16(17)20(25)26/h1-12H,(H,25,26)(H,22,23,24)/b18-12-. The molecule has 1 aliphatic heterocycles. The quantitative estimate of drug-likeness (QED) is 0.665. The summed E-state index contributed by atoms with van der Waals surface area (Å²) in [6.45, 7) is 0. The summed E-state index contributed by atoms with van der Waals surface area (Å²) < 4.78 is 0. The van der Waals surface area contributed by atoms with E-state index in [9.17, 15) is 14.7 Å². The van der Waals surface area contributed by atoms with Crippen molar-refractivity contribution in [3.63, 3.8) is 0 Å². The first kappa shape index (κ1) is 17.1. The zero-order valence-corrected chi connectivity index (χ0v) is 14.9. The molecule has 6 heteroatoms. The van der Waals surface area contributed by atoms with Crippen molar-refractivity contribution in [1.29, 1.82) is 0 Å². The summed E-state index contributed by atoms with van der Waals surface area (Å²) >= 11 is 1.19. The second kappa shape index (κ2) is 7.09. The molecule has 4 rings (SSSR count). The molecule has 27 heavy (non-hydrogen) atoms. The Kier molecular flexibility index (Phi) is 4.48. The van der Waals surface area contributed by atoms with E-state index in [-0.39, 0.29) is 11.5 Å². The fourth-order valence-corrected chi connectivity index (χ4v) is 3.69.